The molecule has 1 aromatic heterocycles. The molecule has 0 bridgehead atoms. The van der Waals surface area contributed by atoms with Gasteiger partial charge in [-0.3, -0.25) is 19.8 Å². The van der Waals surface area contributed by atoms with E-state index in [2.05, 4.69) is 30.5 Å². The lowest BCUT2D eigenvalue weighted by Gasteiger charge is -2.35. The molecule has 190 valence electrons. The van der Waals surface area contributed by atoms with Gasteiger partial charge in [-0.1, -0.05) is 41.7 Å². The summed E-state index contributed by atoms with van der Waals surface area (Å²) in [6.45, 7) is 1.73. The number of halogens is 2. The van der Waals surface area contributed by atoms with Crippen LogP contribution in [0.25, 0.3) is 10.6 Å². The fourth-order valence-corrected chi connectivity index (χ4v) is 4.46. The zero-order valence-electron chi connectivity index (χ0n) is 19.8. The summed E-state index contributed by atoms with van der Waals surface area (Å²) < 4.78 is 30.5. The number of likely N-dealkylation sites (N-methyl/N-ethyl adjacent to an activating group) is 1. The standard InChI is InChI=1S/C24H26F2N6O3S/c1-15(32-12-10-31(2)11-13-32)20(33)27-18-14-17(8-9-19(18)35-23(25)26)21(34)28-24-30-29-22(36-24)16-6-4-3-5-7-16/h3-9,14-15,23H,10-13H2,1-2H3,(H,27,33)(H,28,30,34). The summed E-state index contributed by atoms with van der Waals surface area (Å²) in [5.74, 6) is -1.15. The molecule has 12 heteroatoms. The van der Waals surface area contributed by atoms with E-state index in [1.807, 2.05) is 42.3 Å². The number of piperazine rings is 1. The molecule has 1 saturated heterocycles. The number of carbonyl (C=O) groups is 2. The fourth-order valence-electron chi connectivity index (χ4n) is 3.72. The summed E-state index contributed by atoms with van der Waals surface area (Å²) in [4.78, 5) is 29.9. The zero-order valence-corrected chi connectivity index (χ0v) is 20.6. The number of carbonyl (C=O) groups excluding carboxylic acids is 2. The van der Waals surface area contributed by atoms with E-state index >= 15 is 0 Å². The van der Waals surface area contributed by atoms with Gasteiger partial charge in [-0.05, 0) is 32.2 Å². The normalized spacial score (nSPS) is 15.5. The maximum atomic E-state index is 13.0. The van der Waals surface area contributed by atoms with Crippen molar-refractivity contribution in [2.45, 2.75) is 19.6 Å². The first-order chi connectivity index (χ1) is 17.3. The van der Waals surface area contributed by atoms with Gasteiger partial charge in [0.1, 0.15) is 10.8 Å². The maximum Gasteiger partial charge on any atom is 0.387 e. The number of hydrogen-bond acceptors (Lipinski definition) is 8. The van der Waals surface area contributed by atoms with Crippen LogP contribution in [-0.2, 0) is 4.79 Å². The van der Waals surface area contributed by atoms with E-state index in [9.17, 15) is 18.4 Å². The van der Waals surface area contributed by atoms with Gasteiger partial charge in [-0.15, -0.1) is 10.2 Å². The van der Waals surface area contributed by atoms with Crippen LogP contribution in [0.4, 0.5) is 19.6 Å². The summed E-state index contributed by atoms with van der Waals surface area (Å²) in [5.41, 5.74) is 0.982. The molecule has 1 aliphatic heterocycles. The van der Waals surface area contributed by atoms with Gasteiger partial charge in [0, 0.05) is 37.3 Å². The number of benzene rings is 2. The third-order valence-electron chi connectivity index (χ3n) is 5.85. The quantitative estimate of drug-likeness (QED) is 0.472. The Labute approximate surface area is 211 Å². The van der Waals surface area contributed by atoms with Gasteiger partial charge >= 0.3 is 6.61 Å². The van der Waals surface area contributed by atoms with E-state index in [1.54, 1.807) is 6.92 Å². The third kappa shape index (κ3) is 6.39. The van der Waals surface area contributed by atoms with Gasteiger partial charge in [0.15, 0.2) is 0 Å². The number of hydrogen-bond donors (Lipinski definition) is 2. The molecular formula is C24H26F2N6O3S. The van der Waals surface area contributed by atoms with Gasteiger partial charge in [0.25, 0.3) is 5.91 Å². The molecular weight excluding hydrogens is 490 g/mol. The van der Waals surface area contributed by atoms with Crippen LogP contribution in [0.2, 0.25) is 0 Å². The number of ether oxygens (including phenoxy) is 1. The summed E-state index contributed by atoms with van der Waals surface area (Å²) in [6.07, 6.45) is 0. The van der Waals surface area contributed by atoms with E-state index in [0.29, 0.717) is 18.1 Å². The Morgan fingerprint density at radius 2 is 1.75 bits per heavy atom. The molecule has 2 amide bonds. The Balaban J connectivity index is 1.49. The van der Waals surface area contributed by atoms with Gasteiger partial charge < -0.3 is 15.0 Å². The minimum Gasteiger partial charge on any atom is -0.433 e. The molecule has 0 spiro atoms. The highest BCUT2D eigenvalue weighted by Crippen LogP contribution is 2.30. The van der Waals surface area contributed by atoms with Crippen LogP contribution in [-0.4, -0.2) is 77.7 Å². The Kier molecular flexibility index (Phi) is 8.18. The Hall–Kier alpha value is -3.48. The second-order valence-corrected chi connectivity index (χ2v) is 9.30. The summed E-state index contributed by atoms with van der Waals surface area (Å²) in [7, 11) is 2.01. The SMILES string of the molecule is CC(C(=O)Nc1cc(C(=O)Nc2nnc(-c3ccccc3)s2)ccc1OC(F)F)N1CCN(C)CC1. The first-order valence-corrected chi connectivity index (χ1v) is 12.1. The lowest BCUT2D eigenvalue weighted by atomic mass is 10.1. The highest BCUT2D eigenvalue weighted by molar-refractivity contribution is 7.18. The first kappa shape index (κ1) is 25.6. The van der Waals surface area contributed by atoms with Crippen LogP contribution in [0.1, 0.15) is 17.3 Å². The number of nitrogens with one attached hydrogen (secondary N) is 2. The van der Waals surface area contributed by atoms with Crippen molar-refractivity contribution in [2.75, 3.05) is 43.9 Å². The van der Waals surface area contributed by atoms with Crippen LogP contribution in [0.5, 0.6) is 5.75 Å². The van der Waals surface area contributed by atoms with E-state index in [4.69, 9.17) is 0 Å². The van der Waals surface area contributed by atoms with E-state index in [-0.39, 0.29) is 28.0 Å². The molecule has 0 radical (unpaired) electrons. The molecule has 36 heavy (non-hydrogen) atoms. The lowest BCUT2D eigenvalue weighted by molar-refractivity contribution is -0.121. The maximum absolute atomic E-state index is 13.0. The molecule has 1 fully saturated rings. The molecule has 1 aliphatic rings. The molecule has 3 aromatic rings. The second kappa shape index (κ2) is 11.5. The Bertz CT molecular complexity index is 1200. The minimum absolute atomic E-state index is 0.0174. The highest BCUT2D eigenvalue weighted by Gasteiger charge is 2.26. The summed E-state index contributed by atoms with van der Waals surface area (Å²) in [6, 6.07) is 12.8. The van der Waals surface area contributed by atoms with Crippen LogP contribution in [0.15, 0.2) is 48.5 Å². The number of aromatic nitrogens is 2. The molecule has 9 nitrogen and oxygen atoms in total. The average Bonchev–Trinajstić information content (AvgIpc) is 3.33. The topological polar surface area (TPSA) is 99.7 Å². The minimum atomic E-state index is -3.09. The Morgan fingerprint density at radius 3 is 2.44 bits per heavy atom. The van der Waals surface area contributed by atoms with Crippen molar-refractivity contribution in [2.24, 2.45) is 0 Å². The van der Waals surface area contributed by atoms with Crippen molar-refractivity contribution >= 4 is 34.0 Å². The average molecular weight is 517 g/mol. The van der Waals surface area contributed by atoms with Gasteiger partial charge in [0.2, 0.25) is 11.0 Å². The monoisotopic (exact) mass is 516 g/mol. The zero-order chi connectivity index (χ0) is 25.7. The lowest BCUT2D eigenvalue weighted by Crippen LogP contribution is -2.51. The van der Waals surface area contributed by atoms with Crippen LogP contribution >= 0.6 is 11.3 Å². The van der Waals surface area contributed by atoms with Gasteiger partial charge in [0.05, 0.1) is 11.7 Å². The largest absolute Gasteiger partial charge is 0.433 e. The van der Waals surface area contributed by atoms with Crippen molar-refractivity contribution in [3.8, 4) is 16.3 Å². The summed E-state index contributed by atoms with van der Waals surface area (Å²) >= 11 is 1.20. The molecule has 2 aromatic carbocycles. The van der Waals surface area contributed by atoms with Crippen molar-refractivity contribution in [1.29, 1.82) is 0 Å². The van der Waals surface area contributed by atoms with Crippen LogP contribution < -0.4 is 15.4 Å². The predicted molar refractivity (Wildman–Crippen MR) is 134 cm³/mol. The smallest absolute Gasteiger partial charge is 0.387 e. The summed E-state index contributed by atoms with van der Waals surface area (Å²) in [5, 5.41) is 14.3. The number of amides is 2. The van der Waals surface area contributed by atoms with E-state index in [1.165, 1.54) is 29.5 Å². The highest BCUT2D eigenvalue weighted by atomic mass is 32.1. The van der Waals surface area contributed by atoms with Gasteiger partial charge in [-0.2, -0.15) is 8.78 Å². The van der Waals surface area contributed by atoms with Crippen molar-refractivity contribution < 1.29 is 23.1 Å². The molecule has 2 heterocycles. The predicted octanol–water partition coefficient (Wildman–Crippen LogP) is 3.63. The Morgan fingerprint density at radius 1 is 1.03 bits per heavy atom. The third-order valence-corrected chi connectivity index (χ3v) is 6.73. The second-order valence-electron chi connectivity index (χ2n) is 8.33. The van der Waals surface area contributed by atoms with E-state index in [0.717, 1.165) is 18.7 Å². The van der Waals surface area contributed by atoms with Crippen LogP contribution in [0, 0.1) is 0 Å². The molecule has 1 atom stereocenters. The van der Waals surface area contributed by atoms with Crippen molar-refractivity contribution in [1.82, 2.24) is 20.0 Å². The van der Waals surface area contributed by atoms with E-state index < -0.39 is 18.6 Å². The molecule has 4 rings (SSSR count). The number of alkyl halides is 2. The van der Waals surface area contributed by atoms with Crippen LogP contribution in [0.3, 0.4) is 0 Å². The first-order valence-electron chi connectivity index (χ1n) is 11.3. The molecule has 2 N–H and O–H groups in total. The number of rotatable bonds is 8. The van der Waals surface area contributed by atoms with Crippen molar-refractivity contribution in [3.05, 3.63) is 54.1 Å². The number of nitrogens with zero attached hydrogens (tertiary/aromatic N) is 4. The molecule has 0 aliphatic carbocycles. The van der Waals surface area contributed by atoms with Crippen molar-refractivity contribution in [3.63, 3.8) is 0 Å². The molecule has 0 saturated carbocycles. The van der Waals surface area contributed by atoms with Gasteiger partial charge in [-0.25, -0.2) is 0 Å². The number of anilines is 2. The fraction of sp³-hybridized carbons (Fsp3) is 0.333. The molecule has 1 unspecified atom stereocenters.